The molecule has 4 rings (SSSR count). The van der Waals surface area contributed by atoms with Gasteiger partial charge < -0.3 is 14.7 Å². The lowest BCUT2D eigenvalue weighted by molar-refractivity contribution is -0.133. The first-order valence-corrected chi connectivity index (χ1v) is 10.5. The molecule has 6 nitrogen and oxygen atoms in total. The molecule has 0 bridgehead atoms. The van der Waals surface area contributed by atoms with Crippen LogP contribution in [0, 0.1) is 6.92 Å². The zero-order valence-corrected chi connectivity index (χ0v) is 18.2. The Kier molecular flexibility index (Phi) is 6.91. The lowest BCUT2D eigenvalue weighted by Gasteiger charge is -2.36. The summed E-state index contributed by atoms with van der Waals surface area (Å²) in [6.07, 6.45) is 1.18. The molecule has 2 aliphatic rings. The molecule has 1 atom stereocenters. The molecule has 162 valence electrons. The highest BCUT2D eigenvalue weighted by atomic mass is 35.5. The van der Waals surface area contributed by atoms with E-state index in [4.69, 9.17) is 4.74 Å². The van der Waals surface area contributed by atoms with Crippen molar-refractivity contribution >= 4 is 35.7 Å². The molecule has 0 amide bonds. The average molecular weight is 455 g/mol. The number of Topliss-reactive ketones (excluding diaryl/α,β-unsaturated/α-hetero) is 1. The average Bonchev–Trinajstić information content (AvgIpc) is 3.34. The molecule has 30 heavy (non-hydrogen) atoms. The molecule has 1 N–H and O–H groups in total. The highest BCUT2D eigenvalue weighted by Gasteiger charge is 2.41. The Morgan fingerprint density at radius 3 is 2.80 bits per heavy atom. The molecule has 3 heterocycles. The molecule has 2 aromatic rings. The number of aromatic nitrogens is 1. The SMILES string of the molecule is Cc1c([C@@H](O)CN2CCC(F)(C(=O)Cc3cnsc3)CC2)ccc2c1COC2=O.Cl. The van der Waals surface area contributed by atoms with Crippen LogP contribution >= 0.6 is 23.9 Å². The van der Waals surface area contributed by atoms with E-state index in [0.29, 0.717) is 25.2 Å². The highest BCUT2D eigenvalue weighted by Crippen LogP contribution is 2.32. The van der Waals surface area contributed by atoms with Crippen molar-refractivity contribution in [1.82, 2.24) is 9.27 Å². The summed E-state index contributed by atoms with van der Waals surface area (Å²) in [4.78, 5) is 26.1. The maximum absolute atomic E-state index is 15.1. The van der Waals surface area contributed by atoms with E-state index in [0.717, 1.165) is 22.3 Å². The van der Waals surface area contributed by atoms with Crippen LogP contribution < -0.4 is 0 Å². The molecule has 0 radical (unpaired) electrons. The fraction of sp³-hybridized carbons (Fsp3) is 0.476. The Labute approximate surface area is 184 Å². The maximum atomic E-state index is 15.1. The maximum Gasteiger partial charge on any atom is 0.338 e. The minimum absolute atomic E-state index is 0. The number of hydrogen-bond donors (Lipinski definition) is 1. The quantitative estimate of drug-likeness (QED) is 0.675. The van der Waals surface area contributed by atoms with E-state index in [1.807, 2.05) is 11.8 Å². The van der Waals surface area contributed by atoms with Gasteiger partial charge in [0.05, 0.1) is 11.7 Å². The van der Waals surface area contributed by atoms with Gasteiger partial charge in [-0.3, -0.25) is 4.79 Å². The molecule has 1 saturated heterocycles. The topological polar surface area (TPSA) is 79.7 Å². The first kappa shape index (κ1) is 22.8. The van der Waals surface area contributed by atoms with Gasteiger partial charge in [-0.15, -0.1) is 12.4 Å². The van der Waals surface area contributed by atoms with Crippen molar-refractivity contribution in [1.29, 1.82) is 0 Å². The Balaban J connectivity index is 0.00000256. The Bertz CT molecular complexity index is 929. The van der Waals surface area contributed by atoms with Crippen molar-refractivity contribution in [2.24, 2.45) is 0 Å². The Morgan fingerprint density at radius 1 is 1.40 bits per heavy atom. The molecule has 1 fully saturated rings. The number of ether oxygens (including phenoxy) is 1. The van der Waals surface area contributed by atoms with Gasteiger partial charge in [-0.2, -0.15) is 0 Å². The van der Waals surface area contributed by atoms with Crippen LogP contribution in [0.25, 0.3) is 0 Å². The van der Waals surface area contributed by atoms with Crippen LogP contribution in [0.4, 0.5) is 4.39 Å². The fourth-order valence-electron chi connectivity index (χ4n) is 4.10. The van der Waals surface area contributed by atoms with E-state index >= 15 is 4.39 Å². The predicted molar refractivity (Wildman–Crippen MR) is 113 cm³/mol. The molecular formula is C21H24ClFN2O4S. The van der Waals surface area contributed by atoms with Crippen molar-refractivity contribution in [3.8, 4) is 0 Å². The van der Waals surface area contributed by atoms with Gasteiger partial charge in [-0.25, -0.2) is 13.6 Å². The monoisotopic (exact) mass is 454 g/mol. The first-order valence-electron chi connectivity index (χ1n) is 9.68. The van der Waals surface area contributed by atoms with Gasteiger partial charge in [0.25, 0.3) is 0 Å². The van der Waals surface area contributed by atoms with Crippen molar-refractivity contribution in [3.63, 3.8) is 0 Å². The van der Waals surface area contributed by atoms with E-state index in [-0.39, 0.29) is 44.2 Å². The van der Waals surface area contributed by atoms with Crippen LogP contribution in [-0.4, -0.2) is 51.4 Å². The number of ketones is 1. The molecule has 0 saturated carbocycles. The molecule has 9 heteroatoms. The molecule has 1 aromatic heterocycles. The second kappa shape index (κ2) is 9.09. The number of hydrogen-bond acceptors (Lipinski definition) is 7. The normalized spacial score (nSPS) is 19.0. The number of cyclic esters (lactones) is 1. The number of esters is 1. The Hall–Kier alpha value is -1.87. The van der Waals surface area contributed by atoms with E-state index in [2.05, 4.69) is 4.37 Å². The van der Waals surface area contributed by atoms with Crippen LogP contribution in [0.1, 0.15) is 51.6 Å². The van der Waals surface area contributed by atoms with Gasteiger partial charge in [0, 0.05) is 56.0 Å². The number of rotatable bonds is 6. The third-order valence-electron chi connectivity index (χ3n) is 5.99. The lowest BCUT2D eigenvalue weighted by atomic mass is 9.86. The molecule has 0 spiro atoms. The van der Waals surface area contributed by atoms with Crippen molar-refractivity contribution < 1.29 is 23.8 Å². The Morgan fingerprint density at radius 2 is 2.13 bits per heavy atom. The summed E-state index contributed by atoms with van der Waals surface area (Å²) >= 11 is 1.25. The summed E-state index contributed by atoms with van der Waals surface area (Å²) in [5.41, 5.74) is 1.92. The van der Waals surface area contributed by atoms with Crippen LogP contribution in [0.3, 0.4) is 0 Å². The number of benzene rings is 1. The number of β-amino-alcohol motifs (C(OH)–C–C–N with tert-alkyl or cyclic N) is 1. The highest BCUT2D eigenvalue weighted by molar-refractivity contribution is 7.03. The molecule has 2 aliphatic heterocycles. The van der Waals surface area contributed by atoms with Crippen LogP contribution in [0.2, 0.25) is 0 Å². The van der Waals surface area contributed by atoms with Crippen molar-refractivity contribution in [2.45, 2.75) is 44.6 Å². The number of carbonyl (C=O) groups excluding carboxylic acids is 2. The lowest BCUT2D eigenvalue weighted by Crippen LogP contribution is -2.48. The summed E-state index contributed by atoms with van der Waals surface area (Å²) in [5, 5.41) is 12.5. The molecule has 0 unspecified atom stereocenters. The van der Waals surface area contributed by atoms with E-state index in [9.17, 15) is 14.7 Å². The number of piperidine rings is 1. The zero-order chi connectivity index (χ0) is 20.6. The summed E-state index contributed by atoms with van der Waals surface area (Å²) in [6, 6.07) is 3.45. The van der Waals surface area contributed by atoms with Crippen LogP contribution in [0.5, 0.6) is 0 Å². The molecule has 0 aliphatic carbocycles. The van der Waals surface area contributed by atoms with Gasteiger partial charge in [0.1, 0.15) is 6.61 Å². The second-order valence-electron chi connectivity index (χ2n) is 7.80. The predicted octanol–water partition coefficient (Wildman–Crippen LogP) is 3.19. The number of nitrogens with zero attached hydrogens (tertiary/aromatic N) is 2. The summed E-state index contributed by atoms with van der Waals surface area (Å²) in [7, 11) is 0. The minimum atomic E-state index is -1.81. The van der Waals surface area contributed by atoms with E-state index in [1.165, 1.54) is 11.5 Å². The second-order valence-corrected chi connectivity index (χ2v) is 8.45. The number of aliphatic hydroxyl groups excluding tert-OH is 1. The standard InChI is InChI=1S/C21H23FN2O4S.ClH/c1-13-15(2-3-16-17(13)11-28-20(16)27)18(25)10-24-6-4-21(22,5-7-24)19(26)8-14-9-23-29-12-14;/h2-3,9,12,18,25H,4-8,10-11H2,1H3;1H/t18-;/m0./s1. The van der Waals surface area contributed by atoms with Gasteiger partial charge >= 0.3 is 5.97 Å². The zero-order valence-electron chi connectivity index (χ0n) is 16.6. The van der Waals surface area contributed by atoms with Gasteiger partial charge in [-0.05, 0) is 41.2 Å². The summed E-state index contributed by atoms with van der Waals surface area (Å²) in [5.74, 6) is -0.723. The summed E-state index contributed by atoms with van der Waals surface area (Å²) in [6.45, 7) is 3.28. The van der Waals surface area contributed by atoms with Crippen LogP contribution in [-0.2, 0) is 22.6 Å². The number of fused-ring (bicyclic) bond motifs is 1. The molecule has 1 aromatic carbocycles. The number of alkyl halides is 1. The van der Waals surface area contributed by atoms with Gasteiger partial charge in [-0.1, -0.05) is 6.07 Å². The number of halogens is 2. The van der Waals surface area contributed by atoms with Crippen molar-refractivity contribution in [2.75, 3.05) is 19.6 Å². The van der Waals surface area contributed by atoms with Gasteiger partial charge in [0.2, 0.25) is 0 Å². The number of carbonyl (C=O) groups is 2. The number of likely N-dealkylation sites (tertiary alicyclic amines) is 1. The largest absolute Gasteiger partial charge is 0.457 e. The number of aliphatic hydroxyl groups is 1. The molecular weight excluding hydrogens is 431 g/mol. The smallest absolute Gasteiger partial charge is 0.338 e. The first-order chi connectivity index (χ1) is 13.9. The summed E-state index contributed by atoms with van der Waals surface area (Å²) < 4.78 is 24.2. The van der Waals surface area contributed by atoms with Crippen molar-refractivity contribution in [3.05, 3.63) is 51.5 Å². The third-order valence-corrected chi connectivity index (χ3v) is 6.63. The third kappa shape index (κ3) is 4.42. The van der Waals surface area contributed by atoms with Gasteiger partial charge in [0.15, 0.2) is 11.5 Å². The fourth-order valence-corrected chi connectivity index (χ4v) is 4.63. The van der Waals surface area contributed by atoms with E-state index < -0.39 is 17.6 Å². The van der Waals surface area contributed by atoms with E-state index in [1.54, 1.807) is 23.7 Å². The van der Waals surface area contributed by atoms with Crippen LogP contribution in [0.15, 0.2) is 23.7 Å². The minimum Gasteiger partial charge on any atom is -0.457 e.